The molecular weight excluding hydrogens is 258 g/mol. The van der Waals surface area contributed by atoms with E-state index >= 15 is 0 Å². The van der Waals surface area contributed by atoms with Crippen LogP contribution in [0.3, 0.4) is 0 Å². The van der Waals surface area contributed by atoms with Crippen LogP contribution in [0.25, 0.3) is 0 Å². The van der Waals surface area contributed by atoms with Crippen LogP contribution in [0, 0.1) is 16.0 Å². The molecule has 1 aromatic carbocycles. The summed E-state index contributed by atoms with van der Waals surface area (Å²) in [5.41, 5.74) is 5.82. The molecule has 7 heteroatoms. The molecule has 1 aromatic rings. The highest BCUT2D eigenvalue weighted by molar-refractivity contribution is 6.34. The number of nitrogens with one attached hydrogen (secondary N) is 1. The molecule has 2 unspecified atom stereocenters. The highest BCUT2D eigenvalue weighted by Gasteiger charge is 2.18. The number of non-ortho nitro benzene ring substituents is 1. The molecule has 1 rings (SSSR count). The van der Waals surface area contributed by atoms with E-state index in [1.165, 1.54) is 18.2 Å². The molecule has 0 radical (unpaired) electrons. The third kappa shape index (κ3) is 3.41. The Kier molecular flexibility index (Phi) is 4.63. The number of halogens is 1. The van der Waals surface area contributed by atoms with Gasteiger partial charge in [-0.15, -0.1) is 0 Å². The smallest absolute Gasteiger partial charge is 0.271 e. The van der Waals surface area contributed by atoms with Gasteiger partial charge in [-0.25, -0.2) is 0 Å². The Morgan fingerprint density at radius 2 is 2.11 bits per heavy atom. The van der Waals surface area contributed by atoms with E-state index in [9.17, 15) is 14.9 Å². The summed E-state index contributed by atoms with van der Waals surface area (Å²) in [6.07, 6.45) is 0. The molecule has 0 aromatic heterocycles. The summed E-state index contributed by atoms with van der Waals surface area (Å²) >= 11 is 5.85. The summed E-state index contributed by atoms with van der Waals surface area (Å²) < 4.78 is 0. The lowest BCUT2D eigenvalue weighted by Crippen LogP contribution is -2.34. The number of nitrogens with zero attached hydrogens (tertiary/aromatic N) is 1. The number of nitrogens with two attached hydrogens (primary N) is 1. The number of carbonyl (C=O) groups excluding carboxylic acids is 1. The zero-order valence-electron chi connectivity index (χ0n) is 10.0. The molecule has 0 heterocycles. The number of nitro groups is 1. The maximum Gasteiger partial charge on any atom is 0.271 e. The number of rotatable bonds is 4. The molecule has 6 nitrogen and oxygen atoms in total. The molecule has 0 saturated heterocycles. The van der Waals surface area contributed by atoms with Gasteiger partial charge in [0.15, 0.2) is 0 Å². The van der Waals surface area contributed by atoms with Gasteiger partial charge in [-0.05, 0) is 13.0 Å². The van der Waals surface area contributed by atoms with Crippen LogP contribution in [0.4, 0.5) is 11.4 Å². The minimum Gasteiger partial charge on any atom is -0.327 e. The lowest BCUT2D eigenvalue weighted by atomic mass is 10.0. The van der Waals surface area contributed by atoms with E-state index in [0.717, 1.165) is 0 Å². The molecule has 1 amide bonds. The number of nitro benzene ring substituents is 1. The number of hydrogen-bond acceptors (Lipinski definition) is 4. The summed E-state index contributed by atoms with van der Waals surface area (Å²) in [6.45, 7) is 3.42. The zero-order chi connectivity index (χ0) is 13.9. The van der Waals surface area contributed by atoms with Crippen molar-refractivity contribution in [3.05, 3.63) is 33.3 Å². The Morgan fingerprint density at radius 1 is 1.50 bits per heavy atom. The van der Waals surface area contributed by atoms with Crippen molar-refractivity contribution < 1.29 is 9.72 Å². The molecule has 0 spiro atoms. The van der Waals surface area contributed by atoms with Gasteiger partial charge in [0.2, 0.25) is 5.91 Å². The summed E-state index contributed by atoms with van der Waals surface area (Å²) in [5.74, 6) is -0.656. The average molecular weight is 272 g/mol. The normalized spacial score (nSPS) is 13.8. The zero-order valence-corrected chi connectivity index (χ0v) is 10.8. The Bertz CT molecular complexity index is 477. The molecule has 2 atom stereocenters. The van der Waals surface area contributed by atoms with E-state index in [1.807, 2.05) is 0 Å². The number of anilines is 1. The van der Waals surface area contributed by atoms with Crippen LogP contribution in [-0.4, -0.2) is 16.9 Å². The lowest BCUT2D eigenvalue weighted by molar-refractivity contribution is -0.384. The largest absolute Gasteiger partial charge is 0.327 e. The molecule has 98 valence electrons. The van der Waals surface area contributed by atoms with E-state index in [4.69, 9.17) is 17.3 Å². The van der Waals surface area contributed by atoms with Gasteiger partial charge in [0.25, 0.3) is 5.69 Å². The van der Waals surface area contributed by atoms with Crippen molar-refractivity contribution in [2.45, 2.75) is 19.9 Å². The van der Waals surface area contributed by atoms with Crippen LogP contribution in [0.5, 0.6) is 0 Å². The van der Waals surface area contributed by atoms with Gasteiger partial charge >= 0.3 is 0 Å². The molecule has 3 N–H and O–H groups in total. The maximum absolute atomic E-state index is 11.7. The van der Waals surface area contributed by atoms with E-state index in [-0.39, 0.29) is 28.6 Å². The first-order valence-electron chi connectivity index (χ1n) is 5.33. The predicted octanol–water partition coefficient (Wildman–Crippen LogP) is 2.17. The number of carbonyl (C=O) groups is 1. The number of amides is 1. The summed E-state index contributed by atoms with van der Waals surface area (Å²) in [4.78, 5) is 21.7. The predicted molar refractivity (Wildman–Crippen MR) is 69.5 cm³/mol. The molecule has 0 aliphatic carbocycles. The molecule has 0 fully saturated rings. The van der Waals surface area contributed by atoms with Crippen molar-refractivity contribution >= 4 is 28.9 Å². The molecule has 0 saturated carbocycles. The Morgan fingerprint density at radius 3 is 2.56 bits per heavy atom. The van der Waals surface area contributed by atoms with Crippen LogP contribution >= 0.6 is 11.6 Å². The number of benzene rings is 1. The van der Waals surface area contributed by atoms with Gasteiger partial charge in [-0.2, -0.15) is 0 Å². The number of hydrogen-bond donors (Lipinski definition) is 2. The van der Waals surface area contributed by atoms with Crippen LogP contribution in [0.1, 0.15) is 13.8 Å². The topological polar surface area (TPSA) is 98.3 Å². The van der Waals surface area contributed by atoms with Crippen LogP contribution < -0.4 is 11.1 Å². The monoisotopic (exact) mass is 271 g/mol. The fourth-order valence-corrected chi connectivity index (χ4v) is 1.43. The van der Waals surface area contributed by atoms with Gasteiger partial charge in [0, 0.05) is 18.2 Å². The van der Waals surface area contributed by atoms with Crippen molar-refractivity contribution in [2.75, 3.05) is 5.32 Å². The summed E-state index contributed by atoms with van der Waals surface area (Å²) in [6, 6.07) is 3.57. The van der Waals surface area contributed by atoms with E-state index in [1.54, 1.807) is 13.8 Å². The average Bonchev–Trinajstić information content (AvgIpc) is 2.30. The molecule has 0 aliphatic rings. The maximum atomic E-state index is 11.7. The highest BCUT2D eigenvalue weighted by Crippen LogP contribution is 2.27. The second-order valence-corrected chi connectivity index (χ2v) is 4.47. The van der Waals surface area contributed by atoms with Gasteiger partial charge in [-0.1, -0.05) is 18.5 Å². The quantitative estimate of drug-likeness (QED) is 0.647. The van der Waals surface area contributed by atoms with Crippen molar-refractivity contribution in [1.82, 2.24) is 0 Å². The van der Waals surface area contributed by atoms with Crippen molar-refractivity contribution in [2.24, 2.45) is 11.7 Å². The van der Waals surface area contributed by atoms with Crippen molar-refractivity contribution in [1.29, 1.82) is 0 Å². The van der Waals surface area contributed by atoms with Gasteiger partial charge in [-0.3, -0.25) is 14.9 Å². The van der Waals surface area contributed by atoms with E-state index in [0.29, 0.717) is 5.69 Å². The van der Waals surface area contributed by atoms with Crippen LogP contribution in [-0.2, 0) is 4.79 Å². The third-order valence-electron chi connectivity index (χ3n) is 2.62. The molecule has 18 heavy (non-hydrogen) atoms. The summed E-state index contributed by atoms with van der Waals surface area (Å²) in [5, 5.41) is 13.2. The highest BCUT2D eigenvalue weighted by atomic mass is 35.5. The molecule has 0 bridgehead atoms. The molecule has 0 aliphatic heterocycles. The standard InChI is InChI=1S/C11H14ClN3O3/c1-6(7(2)13)11(16)14-10-4-3-8(15(17)18)5-9(10)12/h3-7H,13H2,1-2H3,(H,14,16). The SMILES string of the molecule is CC(N)C(C)C(=O)Nc1ccc([N+](=O)[O-])cc1Cl. The molecular formula is C11H14ClN3O3. The Balaban J connectivity index is 2.86. The third-order valence-corrected chi connectivity index (χ3v) is 2.94. The van der Waals surface area contributed by atoms with Crippen molar-refractivity contribution in [3.8, 4) is 0 Å². The van der Waals surface area contributed by atoms with E-state index < -0.39 is 4.92 Å². The van der Waals surface area contributed by atoms with Crippen molar-refractivity contribution in [3.63, 3.8) is 0 Å². The minimum absolute atomic E-state index is 0.120. The first-order valence-corrected chi connectivity index (χ1v) is 5.71. The summed E-state index contributed by atoms with van der Waals surface area (Å²) in [7, 11) is 0. The van der Waals surface area contributed by atoms with Gasteiger partial charge in [0.05, 0.1) is 21.6 Å². The van der Waals surface area contributed by atoms with Gasteiger partial charge in [0.1, 0.15) is 0 Å². The lowest BCUT2D eigenvalue weighted by Gasteiger charge is -2.15. The van der Waals surface area contributed by atoms with Crippen LogP contribution in [0.2, 0.25) is 5.02 Å². The Hall–Kier alpha value is -1.66. The first kappa shape index (κ1) is 14.4. The fraction of sp³-hybridized carbons (Fsp3) is 0.364. The minimum atomic E-state index is -0.554. The fourth-order valence-electron chi connectivity index (χ4n) is 1.20. The van der Waals surface area contributed by atoms with Crippen LogP contribution in [0.15, 0.2) is 18.2 Å². The Labute approximate surface area is 109 Å². The second kappa shape index (κ2) is 5.79. The van der Waals surface area contributed by atoms with Gasteiger partial charge < -0.3 is 11.1 Å². The van der Waals surface area contributed by atoms with E-state index in [2.05, 4.69) is 5.32 Å². The second-order valence-electron chi connectivity index (χ2n) is 4.06. The first-order chi connectivity index (χ1) is 8.32.